The molecule has 0 aliphatic carbocycles. The second-order valence-corrected chi connectivity index (χ2v) is 8.02. The Morgan fingerprint density at radius 3 is 2.57 bits per heavy atom. The first-order chi connectivity index (χ1) is 13.4. The fourth-order valence-corrected chi connectivity index (χ4v) is 3.66. The average Bonchev–Trinajstić information content (AvgIpc) is 2.98. The van der Waals surface area contributed by atoms with Crippen molar-refractivity contribution < 1.29 is 14.3 Å². The number of benzene rings is 2. The van der Waals surface area contributed by atoms with Crippen LogP contribution in [-0.4, -0.2) is 38.1 Å². The monoisotopic (exact) mass is 378 g/mol. The van der Waals surface area contributed by atoms with Gasteiger partial charge in [0, 0.05) is 32.9 Å². The minimum atomic E-state index is -0.0736. The number of rotatable bonds is 4. The van der Waals surface area contributed by atoms with Gasteiger partial charge in [0.25, 0.3) is 0 Å². The van der Waals surface area contributed by atoms with Crippen LogP contribution in [-0.2, 0) is 6.54 Å². The summed E-state index contributed by atoms with van der Waals surface area (Å²) in [6, 6.07) is 11.7. The predicted octanol–water partition coefficient (Wildman–Crippen LogP) is 4.18. The molecule has 0 bridgehead atoms. The van der Waals surface area contributed by atoms with E-state index in [0.717, 1.165) is 35.7 Å². The van der Waals surface area contributed by atoms with E-state index < -0.39 is 0 Å². The van der Waals surface area contributed by atoms with Crippen LogP contribution in [0.3, 0.4) is 0 Å². The minimum Gasteiger partial charge on any atom is -0.478 e. The number of hydrogen-bond donors (Lipinski definition) is 0. The van der Waals surface area contributed by atoms with Crippen molar-refractivity contribution in [3.8, 4) is 11.5 Å². The fourth-order valence-electron chi connectivity index (χ4n) is 3.66. The zero-order valence-corrected chi connectivity index (χ0v) is 16.9. The number of hydrogen-bond acceptors (Lipinski definition) is 5. The number of fused-ring (bicyclic) bond motifs is 3. The van der Waals surface area contributed by atoms with Gasteiger partial charge in [0.15, 0.2) is 5.76 Å². The molecule has 0 saturated heterocycles. The van der Waals surface area contributed by atoms with Crippen molar-refractivity contribution in [3.05, 3.63) is 58.8 Å². The lowest BCUT2D eigenvalue weighted by Crippen LogP contribution is -2.34. The van der Waals surface area contributed by atoms with Crippen LogP contribution >= 0.6 is 0 Å². The number of allylic oxidation sites excluding steroid dienone is 1. The average molecular weight is 378 g/mol. The highest BCUT2D eigenvalue weighted by molar-refractivity contribution is 6.15. The molecule has 0 amide bonds. The van der Waals surface area contributed by atoms with Crippen LogP contribution in [0.2, 0.25) is 0 Å². The largest absolute Gasteiger partial charge is 0.478 e. The molecular formula is C23H26N2O3. The van der Waals surface area contributed by atoms with Gasteiger partial charge in [-0.05, 0) is 41.8 Å². The quantitative estimate of drug-likeness (QED) is 0.747. The molecule has 2 heterocycles. The van der Waals surface area contributed by atoms with E-state index in [0.29, 0.717) is 29.7 Å². The molecule has 0 N–H and O–H groups in total. The maximum atomic E-state index is 12.9. The topological polar surface area (TPSA) is 42.0 Å². The Bertz CT molecular complexity index is 930. The highest BCUT2D eigenvalue weighted by Crippen LogP contribution is 2.42. The standard InChI is InChI=1S/C23H26N2O3/c1-15(2)12-25-13-19-20(27-14-25)10-9-18-22(26)21(28-23(18)19)11-16-5-7-17(8-6-16)24(3)4/h5-11,15H,12-14H2,1-4H3/b21-11-. The third-order valence-corrected chi connectivity index (χ3v) is 5.01. The van der Waals surface area contributed by atoms with Gasteiger partial charge in [-0.25, -0.2) is 0 Å². The Morgan fingerprint density at radius 2 is 1.89 bits per heavy atom. The molecule has 4 rings (SSSR count). The number of ketones is 1. The molecule has 2 aromatic carbocycles. The first kappa shape index (κ1) is 18.6. The lowest BCUT2D eigenvalue weighted by atomic mass is 10.0. The van der Waals surface area contributed by atoms with Crippen molar-refractivity contribution in [2.75, 3.05) is 32.3 Å². The summed E-state index contributed by atoms with van der Waals surface area (Å²) >= 11 is 0. The van der Waals surface area contributed by atoms with Crippen LogP contribution in [0.15, 0.2) is 42.2 Å². The van der Waals surface area contributed by atoms with Crippen LogP contribution in [0.25, 0.3) is 6.08 Å². The molecule has 0 atom stereocenters. The van der Waals surface area contributed by atoms with Gasteiger partial charge in [0.2, 0.25) is 5.78 Å². The minimum absolute atomic E-state index is 0.0736. The molecule has 0 unspecified atom stereocenters. The summed E-state index contributed by atoms with van der Waals surface area (Å²) in [6.07, 6.45) is 1.81. The lowest BCUT2D eigenvalue weighted by molar-refractivity contribution is 0.0832. The van der Waals surface area contributed by atoms with Crippen molar-refractivity contribution >= 4 is 17.5 Å². The van der Waals surface area contributed by atoms with Gasteiger partial charge in [-0.15, -0.1) is 0 Å². The van der Waals surface area contributed by atoms with Crippen molar-refractivity contribution in [2.24, 2.45) is 5.92 Å². The Balaban J connectivity index is 1.62. The maximum absolute atomic E-state index is 12.9. The van der Waals surface area contributed by atoms with E-state index in [1.54, 1.807) is 0 Å². The number of Topliss-reactive ketones (excluding diaryl/α,β-unsaturated/α-hetero) is 1. The summed E-state index contributed by atoms with van der Waals surface area (Å²) < 4.78 is 11.9. The smallest absolute Gasteiger partial charge is 0.231 e. The van der Waals surface area contributed by atoms with Gasteiger partial charge in [-0.3, -0.25) is 9.69 Å². The summed E-state index contributed by atoms with van der Waals surface area (Å²) in [5.41, 5.74) is 3.63. The van der Waals surface area contributed by atoms with Crippen molar-refractivity contribution in [1.29, 1.82) is 0 Å². The van der Waals surface area contributed by atoms with Gasteiger partial charge >= 0.3 is 0 Å². The number of anilines is 1. The molecule has 0 radical (unpaired) electrons. The third-order valence-electron chi connectivity index (χ3n) is 5.01. The summed E-state index contributed by atoms with van der Waals surface area (Å²) in [6.45, 7) is 6.62. The van der Waals surface area contributed by atoms with E-state index in [2.05, 4.69) is 18.7 Å². The number of ether oxygens (including phenoxy) is 2. The van der Waals surface area contributed by atoms with E-state index in [-0.39, 0.29) is 5.78 Å². The van der Waals surface area contributed by atoms with Crippen LogP contribution in [0.1, 0.15) is 35.3 Å². The van der Waals surface area contributed by atoms with E-state index >= 15 is 0 Å². The second kappa shape index (κ2) is 7.32. The van der Waals surface area contributed by atoms with E-state index in [1.165, 1.54) is 0 Å². The van der Waals surface area contributed by atoms with Crippen LogP contribution in [0, 0.1) is 5.92 Å². The van der Waals surface area contributed by atoms with E-state index in [1.807, 2.05) is 61.5 Å². The summed E-state index contributed by atoms with van der Waals surface area (Å²) in [4.78, 5) is 17.1. The fraction of sp³-hybridized carbons (Fsp3) is 0.348. The normalized spacial score (nSPS) is 17.3. The Morgan fingerprint density at radius 1 is 1.14 bits per heavy atom. The maximum Gasteiger partial charge on any atom is 0.231 e. The molecule has 0 aromatic heterocycles. The summed E-state index contributed by atoms with van der Waals surface area (Å²) in [5, 5.41) is 0. The lowest BCUT2D eigenvalue weighted by Gasteiger charge is -2.30. The van der Waals surface area contributed by atoms with Crippen molar-refractivity contribution in [1.82, 2.24) is 4.90 Å². The molecule has 5 heteroatoms. The number of nitrogens with zero attached hydrogens (tertiary/aromatic N) is 2. The molecule has 5 nitrogen and oxygen atoms in total. The second-order valence-electron chi connectivity index (χ2n) is 8.02. The zero-order valence-electron chi connectivity index (χ0n) is 16.9. The van der Waals surface area contributed by atoms with Crippen LogP contribution in [0.4, 0.5) is 5.69 Å². The third kappa shape index (κ3) is 3.50. The van der Waals surface area contributed by atoms with E-state index in [9.17, 15) is 4.79 Å². The molecule has 2 aliphatic rings. The Labute approximate surface area is 166 Å². The molecule has 0 fully saturated rings. The van der Waals surface area contributed by atoms with Crippen molar-refractivity contribution in [3.63, 3.8) is 0 Å². The van der Waals surface area contributed by atoms with Gasteiger partial charge in [0.1, 0.15) is 18.2 Å². The highest BCUT2D eigenvalue weighted by atomic mass is 16.5. The molecule has 28 heavy (non-hydrogen) atoms. The van der Waals surface area contributed by atoms with Gasteiger partial charge in [0.05, 0.1) is 11.1 Å². The number of carbonyl (C=O) groups excluding carboxylic acids is 1. The van der Waals surface area contributed by atoms with Crippen LogP contribution < -0.4 is 14.4 Å². The Kier molecular flexibility index (Phi) is 4.85. The molecule has 2 aliphatic heterocycles. The van der Waals surface area contributed by atoms with Crippen molar-refractivity contribution in [2.45, 2.75) is 20.4 Å². The molecule has 2 aromatic rings. The highest BCUT2D eigenvalue weighted by Gasteiger charge is 2.33. The van der Waals surface area contributed by atoms with Gasteiger partial charge < -0.3 is 14.4 Å². The van der Waals surface area contributed by atoms with E-state index in [4.69, 9.17) is 9.47 Å². The Hall–Kier alpha value is -2.79. The molecular weight excluding hydrogens is 352 g/mol. The van der Waals surface area contributed by atoms with Crippen LogP contribution in [0.5, 0.6) is 11.5 Å². The first-order valence-corrected chi connectivity index (χ1v) is 9.65. The first-order valence-electron chi connectivity index (χ1n) is 9.65. The van der Waals surface area contributed by atoms with Gasteiger partial charge in [-0.2, -0.15) is 0 Å². The molecule has 146 valence electrons. The SMILES string of the molecule is CC(C)CN1COc2ccc3c(c2C1)O/C(=C\c1ccc(N(C)C)cc1)C3=O. The number of carbonyl (C=O) groups is 1. The summed E-state index contributed by atoms with van der Waals surface area (Å²) in [5.74, 6) is 2.29. The predicted molar refractivity (Wildman–Crippen MR) is 111 cm³/mol. The molecule has 0 spiro atoms. The zero-order chi connectivity index (χ0) is 19.8. The van der Waals surface area contributed by atoms with Gasteiger partial charge in [-0.1, -0.05) is 26.0 Å². The molecule has 0 saturated carbocycles. The summed E-state index contributed by atoms with van der Waals surface area (Å²) in [7, 11) is 4.00.